The van der Waals surface area contributed by atoms with Crippen LogP contribution in [0, 0.1) is 17.2 Å². The second kappa shape index (κ2) is 38.4. The molecule has 0 spiro atoms. The molecule has 0 saturated carbocycles. The molecule has 1 N–H and O–H groups in total. The molecule has 74 heavy (non-hydrogen) atoms. The van der Waals surface area contributed by atoms with E-state index >= 15 is 0 Å². The summed E-state index contributed by atoms with van der Waals surface area (Å²) < 4.78 is 39.7. The van der Waals surface area contributed by atoms with Crippen LogP contribution in [0.1, 0.15) is 149 Å². The second-order valence-electron chi connectivity index (χ2n) is 17.4. The van der Waals surface area contributed by atoms with Crippen LogP contribution in [0.5, 0.6) is 23.0 Å². The van der Waals surface area contributed by atoms with Crippen molar-refractivity contribution < 1.29 is 57.4 Å². The third-order valence-electron chi connectivity index (χ3n) is 11.5. The summed E-state index contributed by atoms with van der Waals surface area (Å²) >= 11 is 0. The molecule has 0 amide bonds. The highest BCUT2D eigenvalue weighted by Crippen LogP contribution is 2.28. The third kappa shape index (κ3) is 26.0. The highest BCUT2D eigenvalue weighted by Gasteiger charge is 2.21. The lowest BCUT2D eigenvalue weighted by Crippen LogP contribution is -2.17. The van der Waals surface area contributed by atoms with Gasteiger partial charge in [0.1, 0.15) is 34.3 Å². The van der Waals surface area contributed by atoms with Crippen LogP contribution in [0.15, 0.2) is 134 Å². The SMILES string of the molecule is C=C/C=C(\C=C/CC#N)c1ccc(OCCCCCCCCCCOC(=O)c2cc(OC(=O)C(C)/C=C\C(=C/C)OCCCCCCO)ccc2OC(=O)c2ccc(OCCCCCCOC(=O)C=C)cc2)cc1. The number of aliphatic hydroxyl groups is 1. The zero-order chi connectivity index (χ0) is 53.4. The summed E-state index contributed by atoms with van der Waals surface area (Å²) in [5.41, 5.74) is 2.17. The van der Waals surface area contributed by atoms with Crippen LogP contribution < -0.4 is 18.9 Å². The lowest BCUT2D eigenvalue weighted by Gasteiger charge is -2.14. The highest BCUT2D eigenvalue weighted by atomic mass is 16.6. The Morgan fingerprint density at radius 1 is 0.622 bits per heavy atom. The number of ether oxygens (including phenoxy) is 7. The highest BCUT2D eigenvalue weighted by molar-refractivity contribution is 5.97. The molecule has 13 nitrogen and oxygen atoms in total. The summed E-state index contributed by atoms with van der Waals surface area (Å²) in [4.78, 5) is 51.4. The topological polar surface area (TPSA) is 177 Å². The van der Waals surface area contributed by atoms with E-state index in [-0.39, 0.29) is 35.8 Å². The molecule has 1 unspecified atom stereocenters. The van der Waals surface area contributed by atoms with Crippen LogP contribution in [-0.2, 0) is 23.8 Å². The van der Waals surface area contributed by atoms with Crippen molar-refractivity contribution in [2.75, 3.05) is 39.6 Å². The number of allylic oxidation sites excluding steroid dienone is 7. The molecular weight excluding hydrogens is 939 g/mol. The summed E-state index contributed by atoms with van der Waals surface area (Å²) in [5.74, 6) is -1.03. The molecule has 13 heteroatoms. The van der Waals surface area contributed by atoms with Crippen molar-refractivity contribution in [3.8, 4) is 29.1 Å². The summed E-state index contributed by atoms with van der Waals surface area (Å²) in [5, 5.41) is 17.8. The molecule has 0 aliphatic carbocycles. The van der Waals surface area contributed by atoms with Gasteiger partial charge in [-0.25, -0.2) is 14.4 Å². The van der Waals surface area contributed by atoms with Crippen LogP contribution in [0.25, 0.3) is 5.57 Å². The van der Waals surface area contributed by atoms with Crippen molar-refractivity contribution in [1.29, 1.82) is 5.26 Å². The molecule has 3 rings (SSSR count). The molecule has 3 aromatic rings. The average Bonchev–Trinajstić information content (AvgIpc) is 3.41. The Bertz CT molecular complexity index is 2320. The van der Waals surface area contributed by atoms with Crippen LogP contribution in [0.3, 0.4) is 0 Å². The Balaban J connectivity index is 1.50. The molecule has 398 valence electrons. The number of nitriles is 1. The van der Waals surface area contributed by atoms with Crippen molar-refractivity contribution in [2.45, 2.75) is 123 Å². The Labute approximate surface area is 439 Å². The number of benzene rings is 3. The van der Waals surface area contributed by atoms with Crippen LogP contribution in [0.4, 0.5) is 0 Å². The normalized spacial score (nSPS) is 11.9. The molecule has 0 aliphatic heterocycles. The minimum atomic E-state index is -0.719. The van der Waals surface area contributed by atoms with Crippen molar-refractivity contribution in [1.82, 2.24) is 0 Å². The lowest BCUT2D eigenvalue weighted by molar-refractivity contribution is -0.138. The minimum absolute atomic E-state index is 0.0471. The number of carbonyl (C=O) groups excluding carboxylic acids is 4. The zero-order valence-electron chi connectivity index (χ0n) is 43.6. The maximum Gasteiger partial charge on any atom is 0.343 e. The van der Waals surface area contributed by atoms with Crippen LogP contribution in [-0.4, -0.2) is 68.6 Å². The molecule has 0 bridgehead atoms. The second-order valence-corrected chi connectivity index (χ2v) is 17.4. The van der Waals surface area contributed by atoms with Crippen molar-refractivity contribution in [3.63, 3.8) is 0 Å². The number of aliphatic hydroxyl groups excluding tert-OH is 1. The molecule has 1 atom stereocenters. The molecule has 3 aromatic carbocycles. The van der Waals surface area contributed by atoms with E-state index in [0.717, 1.165) is 119 Å². The Kier molecular flexibility index (Phi) is 31.8. The van der Waals surface area contributed by atoms with Crippen LogP contribution in [0.2, 0.25) is 0 Å². The van der Waals surface area contributed by atoms with Crippen LogP contribution >= 0.6 is 0 Å². The fourth-order valence-corrected chi connectivity index (χ4v) is 7.21. The molecular formula is C61H77NO12. The predicted molar refractivity (Wildman–Crippen MR) is 289 cm³/mol. The fourth-order valence-electron chi connectivity index (χ4n) is 7.21. The largest absolute Gasteiger partial charge is 0.494 e. The number of rotatable bonds is 39. The van der Waals surface area contributed by atoms with E-state index in [0.29, 0.717) is 50.8 Å². The first-order chi connectivity index (χ1) is 36.1. The lowest BCUT2D eigenvalue weighted by atomic mass is 10.0. The number of hydrogen-bond donors (Lipinski definition) is 1. The van der Waals surface area contributed by atoms with Gasteiger partial charge in [-0.15, -0.1) is 0 Å². The summed E-state index contributed by atoms with van der Waals surface area (Å²) in [6, 6.07) is 20.7. The molecule has 0 aromatic heterocycles. The number of hydrogen-bond acceptors (Lipinski definition) is 13. The first-order valence-corrected chi connectivity index (χ1v) is 26.1. The molecule has 0 radical (unpaired) electrons. The van der Waals surface area contributed by atoms with Gasteiger partial charge in [-0.05, 0) is 150 Å². The van der Waals surface area contributed by atoms with E-state index in [4.69, 9.17) is 43.5 Å². The van der Waals surface area contributed by atoms with Gasteiger partial charge >= 0.3 is 23.9 Å². The zero-order valence-corrected chi connectivity index (χ0v) is 43.6. The quantitative estimate of drug-likeness (QED) is 0.0143. The summed E-state index contributed by atoms with van der Waals surface area (Å²) in [6.45, 7) is 13.0. The molecule has 0 saturated heterocycles. The number of nitrogens with zero attached hydrogens (tertiary/aromatic N) is 1. The van der Waals surface area contributed by atoms with Gasteiger partial charge in [0.05, 0.1) is 57.0 Å². The van der Waals surface area contributed by atoms with Gasteiger partial charge in [0.15, 0.2) is 0 Å². The standard InChI is InChI=1S/C61H77NO12/c1-5-26-49(27-18-19-40-62)50-29-34-53(35-30-50)69-43-21-13-10-8-9-11-14-25-46-72-61(67)56-47-55(73-59(65)48(4)28-33-52(6-2)68-42-22-15-12-20-41-63)38-39-57(56)74-60(66)51-31-36-54(37-32-51)70-44-23-16-17-24-45-71-58(64)7-3/h5-7,18,26-39,47-48,63H,1,3,8-17,19-25,41-46H2,2,4H3/b27-18-,33-28-,49-26+,52-6+. The van der Waals surface area contributed by atoms with Gasteiger partial charge in [0.2, 0.25) is 0 Å². The monoisotopic (exact) mass is 1020 g/mol. The van der Waals surface area contributed by atoms with Gasteiger partial charge in [0, 0.05) is 12.7 Å². The van der Waals surface area contributed by atoms with E-state index in [1.165, 1.54) is 18.2 Å². The van der Waals surface area contributed by atoms with Gasteiger partial charge < -0.3 is 38.3 Å². The number of carbonyl (C=O) groups is 4. The van der Waals surface area contributed by atoms with Crippen molar-refractivity contribution >= 4 is 29.5 Å². The fraction of sp³-hybridized carbons (Fsp3) is 0.426. The van der Waals surface area contributed by atoms with Gasteiger partial charge in [-0.1, -0.05) is 101 Å². The summed E-state index contributed by atoms with van der Waals surface area (Å²) in [6.07, 6.45) is 28.7. The predicted octanol–water partition coefficient (Wildman–Crippen LogP) is 13.5. The molecule has 0 fully saturated rings. The molecule has 0 heterocycles. The van der Waals surface area contributed by atoms with Gasteiger partial charge in [0.25, 0.3) is 0 Å². The maximum atomic E-state index is 13.6. The van der Waals surface area contributed by atoms with Gasteiger partial charge in [-0.3, -0.25) is 4.79 Å². The number of esters is 4. The van der Waals surface area contributed by atoms with Crippen molar-refractivity contribution in [2.24, 2.45) is 5.92 Å². The third-order valence-corrected chi connectivity index (χ3v) is 11.5. The van der Waals surface area contributed by atoms with E-state index in [1.54, 1.807) is 49.4 Å². The van der Waals surface area contributed by atoms with E-state index < -0.39 is 29.8 Å². The Morgan fingerprint density at radius 2 is 1.15 bits per heavy atom. The number of unbranched alkanes of at least 4 members (excludes halogenated alkanes) is 13. The summed E-state index contributed by atoms with van der Waals surface area (Å²) in [7, 11) is 0. The van der Waals surface area contributed by atoms with Gasteiger partial charge in [-0.2, -0.15) is 5.26 Å². The molecule has 0 aliphatic rings. The van der Waals surface area contributed by atoms with Crippen molar-refractivity contribution in [3.05, 3.63) is 151 Å². The average molecular weight is 1020 g/mol. The van der Waals surface area contributed by atoms with E-state index in [1.807, 2.05) is 55.5 Å². The Hall–Kier alpha value is -7.17. The maximum absolute atomic E-state index is 13.6. The smallest absolute Gasteiger partial charge is 0.343 e. The first-order valence-electron chi connectivity index (χ1n) is 26.1. The first kappa shape index (κ1) is 61.1. The van der Waals surface area contributed by atoms with E-state index in [9.17, 15) is 19.2 Å². The van der Waals surface area contributed by atoms with E-state index in [2.05, 4.69) is 19.2 Å². The minimum Gasteiger partial charge on any atom is -0.494 e. The Morgan fingerprint density at radius 3 is 1.70 bits per heavy atom.